The molecule has 0 spiro atoms. The fourth-order valence-corrected chi connectivity index (χ4v) is 2.39. The van der Waals surface area contributed by atoms with Crippen LogP contribution in [0.3, 0.4) is 0 Å². The second-order valence-electron chi connectivity index (χ2n) is 5.53. The van der Waals surface area contributed by atoms with Crippen LogP contribution in [0, 0.1) is 4.77 Å². The maximum absolute atomic E-state index is 12.9. The molecule has 2 aromatic heterocycles. The van der Waals surface area contributed by atoms with Crippen LogP contribution in [0.1, 0.15) is 27.7 Å². The van der Waals surface area contributed by atoms with Crippen molar-refractivity contribution >= 4 is 24.4 Å². The van der Waals surface area contributed by atoms with Gasteiger partial charge in [-0.3, -0.25) is 0 Å². The second kappa shape index (κ2) is 8.31. The van der Waals surface area contributed by atoms with Crippen LogP contribution in [0.5, 0.6) is 5.75 Å². The number of benzene rings is 1. The minimum Gasteiger partial charge on any atom is -0.486 e. The predicted molar refractivity (Wildman–Crippen MR) is 96.2 cm³/mol. The second-order valence-corrected chi connectivity index (χ2v) is 5.91. The summed E-state index contributed by atoms with van der Waals surface area (Å²) in [4.78, 5) is 11.4. The van der Waals surface area contributed by atoms with Crippen molar-refractivity contribution in [3.63, 3.8) is 0 Å². The first-order valence-corrected chi connectivity index (χ1v) is 8.37. The molecule has 0 aliphatic heterocycles. The van der Waals surface area contributed by atoms with E-state index in [0.29, 0.717) is 21.7 Å². The Morgan fingerprint density at radius 1 is 1.38 bits per heavy atom. The van der Waals surface area contributed by atoms with Crippen LogP contribution >= 0.6 is 12.2 Å². The first kappa shape index (κ1) is 20.3. The van der Waals surface area contributed by atoms with Gasteiger partial charge in [-0.1, -0.05) is 12.1 Å². The number of furan rings is 1. The Labute approximate surface area is 166 Å². The fraction of sp³-hybridized carbons (Fsp3) is 0.176. The summed E-state index contributed by atoms with van der Waals surface area (Å²) >= 11 is 4.77. The SMILES string of the molecule is COC(=O)c1ccc(COc2cccc(/C=N\n3c(C(F)(F)F)n[nH]c3=S)c2)o1. The lowest BCUT2D eigenvalue weighted by atomic mass is 10.2. The standard InChI is InChI=1S/C17H13F3N4O4S/c1-26-14(25)13-6-5-12(28-13)9-27-11-4-2-3-10(7-11)8-21-24-15(17(18,19)20)22-23-16(24)29/h2-8H,9H2,1H3,(H,23,29)/b21-8-. The van der Waals surface area contributed by atoms with E-state index in [-0.39, 0.29) is 17.1 Å². The van der Waals surface area contributed by atoms with Crippen LogP contribution in [0.15, 0.2) is 45.9 Å². The average Bonchev–Trinajstić information content (AvgIpc) is 3.31. The average molecular weight is 426 g/mol. The summed E-state index contributed by atoms with van der Waals surface area (Å²) in [5, 5.41) is 8.94. The maximum atomic E-state index is 12.9. The van der Waals surface area contributed by atoms with Crippen LogP contribution in [0.25, 0.3) is 0 Å². The quantitative estimate of drug-likeness (QED) is 0.366. The first-order valence-electron chi connectivity index (χ1n) is 7.97. The van der Waals surface area contributed by atoms with E-state index in [0.717, 1.165) is 0 Å². The molecule has 0 amide bonds. The molecule has 12 heteroatoms. The molecular formula is C17H13F3N4O4S. The molecule has 1 aromatic carbocycles. The van der Waals surface area contributed by atoms with E-state index in [1.54, 1.807) is 30.3 Å². The number of esters is 1. The number of nitrogens with one attached hydrogen (secondary N) is 1. The van der Waals surface area contributed by atoms with Crippen LogP contribution in [0.4, 0.5) is 13.2 Å². The molecule has 0 bridgehead atoms. The zero-order valence-electron chi connectivity index (χ0n) is 14.8. The summed E-state index contributed by atoms with van der Waals surface area (Å²) in [5.74, 6) is -1.01. The van der Waals surface area contributed by atoms with Gasteiger partial charge in [0.05, 0.1) is 13.3 Å². The topological polar surface area (TPSA) is 94.6 Å². The molecule has 2 heterocycles. The lowest BCUT2D eigenvalue weighted by Crippen LogP contribution is -2.12. The molecular weight excluding hydrogens is 413 g/mol. The smallest absolute Gasteiger partial charge is 0.453 e. The number of alkyl halides is 3. The number of aromatic nitrogens is 3. The maximum Gasteiger partial charge on any atom is 0.453 e. The van der Waals surface area contributed by atoms with Gasteiger partial charge in [0, 0.05) is 0 Å². The number of ether oxygens (including phenoxy) is 2. The molecule has 3 rings (SSSR count). The van der Waals surface area contributed by atoms with Gasteiger partial charge in [0.25, 0.3) is 5.82 Å². The van der Waals surface area contributed by atoms with E-state index in [2.05, 4.69) is 20.0 Å². The minimum atomic E-state index is -4.71. The summed E-state index contributed by atoms with van der Waals surface area (Å²) in [5.41, 5.74) is 0.466. The molecule has 3 aromatic rings. The van der Waals surface area contributed by atoms with Crippen molar-refractivity contribution in [2.24, 2.45) is 5.10 Å². The minimum absolute atomic E-state index is 0.0304. The van der Waals surface area contributed by atoms with Gasteiger partial charge in [0.1, 0.15) is 18.1 Å². The normalized spacial score (nSPS) is 11.7. The number of aromatic amines is 1. The Hall–Kier alpha value is -3.41. The van der Waals surface area contributed by atoms with Gasteiger partial charge < -0.3 is 13.9 Å². The molecule has 0 aliphatic rings. The summed E-state index contributed by atoms with van der Waals surface area (Å²) in [6.07, 6.45) is -3.52. The number of methoxy groups -OCH3 is 1. The van der Waals surface area contributed by atoms with Crippen molar-refractivity contribution < 1.29 is 31.9 Å². The molecule has 0 aliphatic carbocycles. The van der Waals surface area contributed by atoms with Gasteiger partial charge in [-0.25, -0.2) is 9.89 Å². The van der Waals surface area contributed by atoms with Crippen LogP contribution in [-0.2, 0) is 17.5 Å². The molecule has 8 nitrogen and oxygen atoms in total. The number of carbonyl (C=O) groups excluding carboxylic acids is 1. The third-order valence-electron chi connectivity index (χ3n) is 3.51. The molecule has 0 saturated heterocycles. The number of rotatable bonds is 6. The third-order valence-corrected chi connectivity index (χ3v) is 3.78. The third kappa shape index (κ3) is 4.90. The summed E-state index contributed by atoms with van der Waals surface area (Å²) < 4.78 is 54.3. The summed E-state index contributed by atoms with van der Waals surface area (Å²) in [6, 6.07) is 9.49. The first-order chi connectivity index (χ1) is 13.8. The van der Waals surface area contributed by atoms with Gasteiger partial charge in [-0.05, 0) is 42.0 Å². The zero-order valence-corrected chi connectivity index (χ0v) is 15.6. The van der Waals surface area contributed by atoms with Crippen molar-refractivity contribution in [3.8, 4) is 5.75 Å². The van der Waals surface area contributed by atoms with E-state index >= 15 is 0 Å². The zero-order chi connectivity index (χ0) is 21.0. The van der Waals surface area contributed by atoms with Crippen molar-refractivity contribution in [2.45, 2.75) is 12.8 Å². The number of carbonyl (C=O) groups is 1. The molecule has 0 unspecified atom stereocenters. The Morgan fingerprint density at radius 3 is 2.90 bits per heavy atom. The highest BCUT2D eigenvalue weighted by atomic mass is 32.1. The molecule has 0 radical (unpaired) electrons. The largest absolute Gasteiger partial charge is 0.486 e. The highest BCUT2D eigenvalue weighted by Crippen LogP contribution is 2.27. The summed E-state index contributed by atoms with van der Waals surface area (Å²) in [7, 11) is 1.24. The van der Waals surface area contributed by atoms with Gasteiger partial charge in [-0.2, -0.15) is 22.9 Å². The number of hydrogen-bond acceptors (Lipinski definition) is 7. The van der Waals surface area contributed by atoms with Gasteiger partial charge in [-0.15, -0.1) is 5.10 Å². The van der Waals surface area contributed by atoms with Gasteiger partial charge in [0.15, 0.2) is 0 Å². The monoisotopic (exact) mass is 426 g/mol. The fourth-order valence-electron chi connectivity index (χ4n) is 2.21. The lowest BCUT2D eigenvalue weighted by molar-refractivity contribution is -0.147. The van der Waals surface area contributed by atoms with Crippen LogP contribution in [-0.4, -0.2) is 34.2 Å². The Bertz CT molecular complexity index is 1100. The van der Waals surface area contributed by atoms with Crippen LogP contribution < -0.4 is 4.74 Å². The van der Waals surface area contributed by atoms with Gasteiger partial charge in [0.2, 0.25) is 10.5 Å². The van der Waals surface area contributed by atoms with E-state index in [4.69, 9.17) is 21.4 Å². The number of H-pyrrole nitrogens is 1. The van der Waals surface area contributed by atoms with Crippen LogP contribution in [0.2, 0.25) is 0 Å². The molecule has 1 N–H and O–H groups in total. The number of hydrogen-bond donors (Lipinski definition) is 1. The van der Waals surface area contributed by atoms with E-state index in [9.17, 15) is 18.0 Å². The lowest BCUT2D eigenvalue weighted by Gasteiger charge is -2.06. The highest BCUT2D eigenvalue weighted by molar-refractivity contribution is 7.71. The van der Waals surface area contributed by atoms with Gasteiger partial charge >= 0.3 is 12.1 Å². The van der Waals surface area contributed by atoms with Crippen molar-refractivity contribution in [1.29, 1.82) is 0 Å². The van der Waals surface area contributed by atoms with Crippen molar-refractivity contribution in [2.75, 3.05) is 7.11 Å². The Balaban J connectivity index is 1.71. The predicted octanol–water partition coefficient (Wildman–Crippen LogP) is 3.80. The summed E-state index contributed by atoms with van der Waals surface area (Å²) in [6.45, 7) is 0.0304. The molecule has 0 saturated carbocycles. The Morgan fingerprint density at radius 2 is 2.17 bits per heavy atom. The van der Waals surface area contributed by atoms with Crippen molar-refractivity contribution in [3.05, 3.63) is 64.1 Å². The molecule has 0 fully saturated rings. The van der Waals surface area contributed by atoms with E-state index < -0.39 is 18.0 Å². The molecule has 29 heavy (non-hydrogen) atoms. The molecule has 152 valence electrons. The Kier molecular flexibility index (Phi) is 5.82. The van der Waals surface area contributed by atoms with Crippen molar-refractivity contribution in [1.82, 2.24) is 14.9 Å². The van der Waals surface area contributed by atoms with E-state index in [1.807, 2.05) is 0 Å². The van der Waals surface area contributed by atoms with E-state index in [1.165, 1.54) is 19.4 Å². The number of nitrogens with zero attached hydrogens (tertiary/aromatic N) is 3. The number of halogens is 3. The highest BCUT2D eigenvalue weighted by Gasteiger charge is 2.37. The molecule has 0 atom stereocenters.